The van der Waals surface area contributed by atoms with E-state index in [2.05, 4.69) is 5.32 Å². The van der Waals surface area contributed by atoms with E-state index in [0.29, 0.717) is 6.54 Å². The number of nitrogens with two attached hydrogens (primary N) is 1. The average molecular weight is 250 g/mol. The Kier molecular flexibility index (Phi) is 4.73. The molecule has 1 rings (SSSR count). The van der Waals surface area contributed by atoms with E-state index in [1.165, 1.54) is 0 Å². The molecule has 1 amide bonds. The van der Waals surface area contributed by atoms with Crippen LogP contribution in [-0.2, 0) is 10.3 Å². The number of nitrogens with one attached hydrogen (secondary N) is 1. The fourth-order valence-electron chi connectivity index (χ4n) is 1.82. The second kappa shape index (κ2) is 5.87. The summed E-state index contributed by atoms with van der Waals surface area (Å²) in [5.41, 5.74) is 5.47. The van der Waals surface area contributed by atoms with Gasteiger partial charge < -0.3 is 15.8 Å². The van der Waals surface area contributed by atoms with Crippen LogP contribution in [0.15, 0.2) is 24.3 Å². The molecule has 0 aliphatic carbocycles. The van der Waals surface area contributed by atoms with Crippen molar-refractivity contribution in [1.82, 2.24) is 5.32 Å². The number of amides is 1. The van der Waals surface area contributed by atoms with Gasteiger partial charge in [-0.25, -0.2) is 0 Å². The first-order chi connectivity index (χ1) is 8.40. The predicted molar refractivity (Wildman–Crippen MR) is 72.4 cm³/mol. The zero-order chi connectivity index (χ0) is 13.8. The van der Waals surface area contributed by atoms with Crippen molar-refractivity contribution >= 4 is 5.91 Å². The summed E-state index contributed by atoms with van der Waals surface area (Å²) < 4.78 is 5.57. The van der Waals surface area contributed by atoms with Gasteiger partial charge in [0.15, 0.2) is 0 Å². The number of rotatable bonds is 6. The maximum Gasteiger partial charge on any atom is 0.242 e. The van der Waals surface area contributed by atoms with Gasteiger partial charge in [0.2, 0.25) is 5.91 Å². The molecule has 0 fully saturated rings. The van der Waals surface area contributed by atoms with Gasteiger partial charge in [-0.3, -0.25) is 4.79 Å². The number of benzene rings is 1. The number of carbonyl (C=O) groups is 1. The Morgan fingerprint density at radius 3 is 2.33 bits per heavy atom. The summed E-state index contributed by atoms with van der Waals surface area (Å²) in [6.07, 6.45) is 0.132. The van der Waals surface area contributed by atoms with Crippen molar-refractivity contribution in [2.24, 2.45) is 5.73 Å². The third-order valence-corrected chi connectivity index (χ3v) is 2.83. The van der Waals surface area contributed by atoms with Crippen molar-refractivity contribution in [3.63, 3.8) is 0 Å². The van der Waals surface area contributed by atoms with Crippen molar-refractivity contribution in [3.8, 4) is 5.75 Å². The number of hydrogen-bond donors (Lipinski definition) is 2. The van der Waals surface area contributed by atoms with Gasteiger partial charge in [-0.15, -0.1) is 0 Å². The molecule has 4 heteroatoms. The standard InChI is InChI=1S/C14H22N2O2/c1-5-16-14(4,13(15)17)11-6-8-12(9-7-11)18-10(2)3/h6-10,16H,5H2,1-4H3,(H2,15,17). The van der Waals surface area contributed by atoms with E-state index in [1.54, 1.807) is 6.92 Å². The zero-order valence-electron chi connectivity index (χ0n) is 11.5. The summed E-state index contributed by atoms with van der Waals surface area (Å²) in [7, 11) is 0. The molecule has 3 N–H and O–H groups in total. The molecule has 1 unspecified atom stereocenters. The van der Waals surface area contributed by atoms with E-state index < -0.39 is 5.54 Å². The van der Waals surface area contributed by atoms with Crippen LogP contribution >= 0.6 is 0 Å². The lowest BCUT2D eigenvalue weighted by Crippen LogP contribution is -2.50. The number of carbonyl (C=O) groups excluding carboxylic acids is 1. The van der Waals surface area contributed by atoms with E-state index in [4.69, 9.17) is 10.5 Å². The highest BCUT2D eigenvalue weighted by molar-refractivity contribution is 5.85. The summed E-state index contributed by atoms with van der Waals surface area (Å²) >= 11 is 0. The fourth-order valence-corrected chi connectivity index (χ4v) is 1.82. The Balaban J connectivity index is 2.97. The average Bonchev–Trinajstić information content (AvgIpc) is 2.29. The summed E-state index contributed by atoms with van der Waals surface area (Å²) in [4.78, 5) is 11.6. The Labute approximate surface area is 109 Å². The van der Waals surface area contributed by atoms with Crippen molar-refractivity contribution in [2.45, 2.75) is 39.3 Å². The van der Waals surface area contributed by atoms with Crippen LogP contribution in [0.1, 0.15) is 33.3 Å². The first-order valence-electron chi connectivity index (χ1n) is 6.22. The minimum Gasteiger partial charge on any atom is -0.491 e. The number of ether oxygens (including phenoxy) is 1. The first kappa shape index (κ1) is 14.5. The SMILES string of the molecule is CCNC(C)(C(N)=O)c1ccc(OC(C)C)cc1. The van der Waals surface area contributed by atoms with Crippen LogP contribution in [0.5, 0.6) is 5.75 Å². The van der Waals surface area contributed by atoms with Crippen molar-refractivity contribution < 1.29 is 9.53 Å². The molecule has 0 aliphatic rings. The van der Waals surface area contributed by atoms with Crippen LogP contribution in [0.2, 0.25) is 0 Å². The number of hydrogen-bond acceptors (Lipinski definition) is 3. The Hall–Kier alpha value is -1.55. The van der Waals surface area contributed by atoms with Gasteiger partial charge in [-0.2, -0.15) is 0 Å². The molecule has 0 spiro atoms. The molecule has 18 heavy (non-hydrogen) atoms. The second-order valence-electron chi connectivity index (χ2n) is 4.71. The minimum atomic E-state index is -0.842. The molecular formula is C14H22N2O2. The fraction of sp³-hybridized carbons (Fsp3) is 0.500. The van der Waals surface area contributed by atoms with Crippen LogP contribution in [0.25, 0.3) is 0 Å². The topological polar surface area (TPSA) is 64.3 Å². The second-order valence-corrected chi connectivity index (χ2v) is 4.71. The number of likely N-dealkylation sites (N-methyl/N-ethyl adjacent to an activating group) is 1. The van der Waals surface area contributed by atoms with Crippen LogP contribution < -0.4 is 15.8 Å². The monoisotopic (exact) mass is 250 g/mol. The van der Waals surface area contributed by atoms with Crippen molar-refractivity contribution in [2.75, 3.05) is 6.54 Å². The highest BCUT2D eigenvalue weighted by Gasteiger charge is 2.31. The van der Waals surface area contributed by atoms with Gasteiger partial charge in [-0.1, -0.05) is 19.1 Å². The molecule has 0 radical (unpaired) electrons. The van der Waals surface area contributed by atoms with E-state index in [-0.39, 0.29) is 12.0 Å². The lowest BCUT2D eigenvalue weighted by Gasteiger charge is -2.27. The van der Waals surface area contributed by atoms with Crippen molar-refractivity contribution in [3.05, 3.63) is 29.8 Å². The molecule has 0 heterocycles. The maximum absolute atomic E-state index is 11.6. The van der Waals surface area contributed by atoms with Crippen LogP contribution in [0, 0.1) is 0 Å². The zero-order valence-corrected chi connectivity index (χ0v) is 11.5. The van der Waals surface area contributed by atoms with E-state index in [0.717, 1.165) is 11.3 Å². The minimum absolute atomic E-state index is 0.132. The predicted octanol–water partition coefficient (Wildman–Crippen LogP) is 1.78. The molecule has 0 saturated heterocycles. The molecule has 1 aromatic rings. The van der Waals surface area contributed by atoms with Crippen LogP contribution in [0.4, 0.5) is 0 Å². The third kappa shape index (κ3) is 3.23. The van der Waals surface area contributed by atoms with Gasteiger partial charge >= 0.3 is 0 Å². The number of primary amides is 1. The van der Waals surface area contributed by atoms with Gasteiger partial charge in [-0.05, 0) is 45.0 Å². The lowest BCUT2D eigenvalue weighted by atomic mass is 9.91. The summed E-state index contributed by atoms with van der Waals surface area (Å²) in [5.74, 6) is 0.402. The summed E-state index contributed by atoms with van der Waals surface area (Å²) in [5, 5.41) is 3.12. The molecule has 100 valence electrons. The van der Waals surface area contributed by atoms with Gasteiger partial charge in [0.1, 0.15) is 11.3 Å². The summed E-state index contributed by atoms with van der Waals surface area (Å²) in [6.45, 7) is 8.35. The highest BCUT2D eigenvalue weighted by atomic mass is 16.5. The van der Waals surface area contributed by atoms with Gasteiger partial charge in [0, 0.05) is 0 Å². The maximum atomic E-state index is 11.6. The normalized spacial score (nSPS) is 14.3. The quantitative estimate of drug-likeness (QED) is 0.809. The molecule has 0 bridgehead atoms. The summed E-state index contributed by atoms with van der Waals surface area (Å²) in [6, 6.07) is 7.44. The first-order valence-corrected chi connectivity index (χ1v) is 6.22. The molecular weight excluding hydrogens is 228 g/mol. The molecule has 0 aromatic heterocycles. The van der Waals surface area contributed by atoms with E-state index in [9.17, 15) is 4.79 Å². The molecule has 1 atom stereocenters. The van der Waals surface area contributed by atoms with Crippen LogP contribution in [0.3, 0.4) is 0 Å². The molecule has 4 nitrogen and oxygen atoms in total. The van der Waals surface area contributed by atoms with Gasteiger partial charge in [0.05, 0.1) is 6.10 Å². The van der Waals surface area contributed by atoms with E-state index >= 15 is 0 Å². The Morgan fingerprint density at radius 2 is 1.94 bits per heavy atom. The Morgan fingerprint density at radius 1 is 1.39 bits per heavy atom. The molecule has 1 aromatic carbocycles. The van der Waals surface area contributed by atoms with Crippen molar-refractivity contribution in [1.29, 1.82) is 0 Å². The largest absolute Gasteiger partial charge is 0.491 e. The van der Waals surface area contributed by atoms with Crippen LogP contribution in [-0.4, -0.2) is 18.6 Å². The van der Waals surface area contributed by atoms with Gasteiger partial charge in [0.25, 0.3) is 0 Å². The lowest BCUT2D eigenvalue weighted by molar-refractivity contribution is -0.124. The third-order valence-electron chi connectivity index (χ3n) is 2.83. The highest BCUT2D eigenvalue weighted by Crippen LogP contribution is 2.23. The smallest absolute Gasteiger partial charge is 0.242 e. The van der Waals surface area contributed by atoms with E-state index in [1.807, 2.05) is 45.0 Å². The molecule has 0 aliphatic heterocycles. The molecule has 0 saturated carbocycles. The Bertz CT molecular complexity index is 401.